The Kier molecular flexibility index (Phi) is 3.76. The Labute approximate surface area is 126 Å². The number of carbonyl (C=O) groups excluding carboxylic acids is 1. The topological polar surface area (TPSA) is 38.8 Å². The molecule has 0 bridgehead atoms. The van der Waals surface area contributed by atoms with Gasteiger partial charge in [-0.05, 0) is 35.9 Å². The fourth-order valence-electron chi connectivity index (χ4n) is 2.62. The maximum atomic E-state index is 12.2. The standard InChI is InChI=1S/C16H21NO3Si/c1-21(2)9-7-17(8-10-21)16(18)6-4-13-3-5-14-15(11-13)20-12-19-14/h3-6,11H,7-10,12H2,1-2H3/b6-4+. The van der Waals surface area contributed by atoms with Crippen molar-refractivity contribution in [1.29, 1.82) is 0 Å². The number of amides is 1. The van der Waals surface area contributed by atoms with Gasteiger partial charge in [0.05, 0.1) is 8.07 Å². The van der Waals surface area contributed by atoms with Crippen molar-refractivity contribution < 1.29 is 14.3 Å². The summed E-state index contributed by atoms with van der Waals surface area (Å²) in [6.07, 6.45) is 3.51. The molecule has 0 atom stereocenters. The zero-order chi connectivity index (χ0) is 14.9. The lowest BCUT2D eigenvalue weighted by atomic mass is 10.2. The second-order valence-electron chi connectivity index (χ2n) is 6.44. The number of rotatable bonds is 2. The van der Waals surface area contributed by atoms with E-state index in [4.69, 9.17) is 9.47 Å². The summed E-state index contributed by atoms with van der Waals surface area (Å²) in [6.45, 7) is 6.89. The molecule has 0 aliphatic carbocycles. The Morgan fingerprint density at radius 3 is 2.67 bits per heavy atom. The number of fused-ring (bicyclic) bond motifs is 1. The summed E-state index contributed by atoms with van der Waals surface area (Å²) >= 11 is 0. The summed E-state index contributed by atoms with van der Waals surface area (Å²) < 4.78 is 10.6. The van der Waals surface area contributed by atoms with Crippen LogP contribution in [-0.2, 0) is 4.79 Å². The third-order valence-electron chi connectivity index (χ3n) is 4.24. The first-order valence-electron chi connectivity index (χ1n) is 7.40. The molecule has 4 nitrogen and oxygen atoms in total. The molecule has 1 aromatic carbocycles. The smallest absolute Gasteiger partial charge is 0.246 e. The molecule has 3 rings (SSSR count). The number of ether oxygens (including phenoxy) is 2. The molecule has 0 N–H and O–H groups in total. The fraction of sp³-hybridized carbons (Fsp3) is 0.438. The van der Waals surface area contributed by atoms with Crippen molar-refractivity contribution >= 4 is 20.1 Å². The lowest BCUT2D eigenvalue weighted by Crippen LogP contribution is -2.44. The van der Waals surface area contributed by atoms with Crippen LogP contribution in [0.2, 0.25) is 25.2 Å². The number of benzene rings is 1. The van der Waals surface area contributed by atoms with Gasteiger partial charge in [-0.15, -0.1) is 0 Å². The molecule has 1 amide bonds. The van der Waals surface area contributed by atoms with Crippen LogP contribution < -0.4 is 9.47 Å². The van der Waals surface area contributed by atoms with Gasteiger partial charge in [0.2, 0.25) is 12.7 Å². The van der Waals surface area contributed by atoms with E-state index in [9.17, 15) is 4.79 Å². The minimum atomic E-state index is -1.03. The van der Waals surface area contributed by atoms with E-state index in [1.165, 1.54) is 12.1 Å². The number of carbonyl (C=O) groups is 1. The minimum Gasteiger partial charge on any atom is -0.454 e. The van der Waals surface area contributed by atoms with Crippen molar-refractivity contribution in [3.8, 4) is 11.5 Å². The van der Waals surface area contributed by atoms with E-state index < -0.39 is 8.07 Å². The molecule has 2 aliphatic heterocycles. The average Bonchev–Trinajstić information content (AvgIpc) is 2.92. The highest BCUT2D eigenvalue weighted by molar-refractivity contribution is 6.77. The summed E-state index contributed by atoms with van der Waals surface area (Å²) in [5, 5.41) is 0. The van der Waals surface area contributed by atoms with Crippen LogP contribution in [0, 0.1) is 0 Å². The summed E-state index contributed by atoms with van der Waals surface area (Å²) in [7, 11) is -1.03. The molecule has 0 saturated carbocycles. The van der Waals surface area contributed by atoms with Crippen molar-refractivity contribution in [2.75, 3.05) is 19.9 Å². The van der Waals surface area contributed by atoms with E-state index in [0.717, 1.165) is 30.2 Å². The molecule has 0 radical (unpaired) electrons. The van der Waals surface area contributed by atoms with Crippen LogP contribution in [-0.4, -0.2) is 38.8 Å². The van der Waals surface area contributed by atoms with E-state index in [-0.39, 0.29) is 12.7 Å². The van der Waals surface area contributed by atoms with E-state index >= 15 is 0 Å². The second kappa shape index (κ2) is 5.56. The van der Waals surface area contributed by atoms with Crippen molar-refractivity contribution in [2.24, 2.45) is 0 Å². The van der Waals surface area contributed by atoms with Gasteiger partial charge in [-0.25, -0.2) is 0 Å². The third kappa shape index (κ3) is 3.29. The third-order valence-corrected chi connectivity index (χ3v) is 7.40. The number of hydrogen-bond acceptors (Lipinski definition) is 3. The molecule has 0 spiro atoms. The first-order valence-corrected chi connectivity index (χ1v) is 10.8. The Hall–Kier alpha value is -1.75. The summed E-state index contributed by atoms with van der Waals surface area (Å²) in [4.78, 5) is 14.2. The maximum absolute atomic E-state index is 12.2. The van der Waals surface area contributed by atoms with Crippen LogP contribution >= 0.6 is 0 Å². The van der Waals surface area contributed by atoms with Gasteiger partial charge in [-0.1, -0.05) is 19.2 Å². The molecular formula is C16H21NO3Si. The van der Waals surface area contributed by atoms with Gasteiger partial charge in [0, 0.05) is 19.2 Å². The van der Waals surface area contributed by atoms with Crippen LogP contribution in [0.1, 0.15) is 5.56 Å². The minimum absolute atomic E-state index is 0.108. The van der Waals surface area contributed by atoms with Crippen LogP contribution in [0.25, 0.3) is 6.08 Å². The molecular weight excluding hydrogens is 282 g/mol. The molecule has 112 valence electrons. The molecule has 1 fully saturated rings. The second-order valence-corrected chi connectivity index (χ2v) is 11.8. The van der Waals surface area contributed by atoms with E-state index in [2.05, 4.69) is 13.1 Å². The maximum Gasteiger partial charge on any atom is 0.246 e. The SMILES string of the molecule is C[Si]1(C)CCN(C(=O)/C=C/c2ccc3c(c2)OCO3)CC1. The molecule has 2 aliphatic rings. The molecule has 5 heteroatoms. The summed E-state index contributed by atoms with van der Waals surface area (Å²) in [5.41, 5.74) is 0.958. The lowest BCUT2D eigenvalue weighted by Gasteiger charge is -2.35. The predicted molar refractivity (Wildman–Crippen MR) is 85.3 cm³/mol. The van der Waals surface area contributed by atoms with Gasteiger partial charge in [0.25, 0.3) is 0 Å². The molecule has 2 heterocycles. The van der Waals surface area contributed by atoms with Gasteiger partial charge in [0.15, 0.2) is 11.5 Å². The van der Waals surface area contributed by atoms with Crippen LogP contribution in [0.3, 0.4) is 0 Å². The van der Waals surface area contributed by atoms with Crippen LogP contribution in [0.5, 0.6) is 11.5 Å². The summed E-state index contributed by atoms with van der Waals surface area (Å²) in [5.74, 6) is 1.62. The Morgan fingerprint density at radius 1 is 1.19 bits per heavy atom. The first kappa shape index (κ1) is 14.2. The highest BCUT2D eigenvalue weighted by Crippen LogP contribution is 2.32. The van der Waals surface area contributed by atoms with E-state index in [1.54, 1.807) is 6.08 Å². The lowest BCUT2D eigenvalue weighted by molar-refractivity contribution is -0.125. The Morgan fingerprint density at radius 2 is 1.90 bits per heavy atom. The predicted octanol–water partition coefficient (Wildman–Crippen LogP) is 2.98. The average molecular weight is 303 g/mol. The van der Waals surface area contributed by atoms with Gasteiger partial charge >= 0.3 is 0 Å². The molecule has 21 heavy (non-hydrogen) atoms. The highest BCUT2D eigenvalue weighted by Gasteiger charge is 2.28. The molecule has 0 aromatic heterocycles. The zero-order valence-corrected chi connectivity index (χ0v) is 13.6. The monoisotopic (exact) mass is 303 g/mol. The van der Waals surface area contributed by atoms with Crippen LogP contribution in [0.15, 0.2) is 24.3 Å². The zero-order valence-electron chi connectivity index (χ0n) is 12.6. The van der Waals surface area contributed by atoms with E-state index in [0.29, 0.717) is 0 Å². The first-order chi connectivity index (χ1) is 10.0. The normalized spacial score (nSPS) is 20.0. The van der Waals surface area contributed by atoms with Crippen molar-refractivity contribution in [2.45, 2.75) is 25.2 Å². The molecule has 0 unspecified atom stereocenters. The highest BCUT2D eigenvalue weighted by atomic mass is 28.3. The molecule has 1 aromatic rings. The molecule has 1 saturated heterocycles. The van der Waals surface area contributed by atoms with Crippen molar-refractivity contribution in [3.05, 3.63) is 29.8 Å². The quantitative estimate of drug-likeness (QED) is 0.623. The van der Waals surface area contributed by atoms with Gasteiger partial charge in [-0.2, -0.15) is 0 Å². The number of hydrogen-bond donors (Lipinski definition) is 0. The van der Waals surface area contributed by atoms with Gasteiger partial charge in [-0.3, -0.25) is 4.79 Å². The van der Waals surface area contributed by atoms with Crippen molar-refractivity contribution in [3.63, 3.8) is 0 Å². The van der Waals surface area contributed by atoms with Crippen LogP contribution in [0.4, 0.5) is 0 Å². The summed E-state index contributed by atoms with van der Waals surface area (Å²) in [6, 6.07) is 8.12. The number of nitrogens with zero attached hydrogens (tertiary/aromatic N) is 1. The fourth-order valence-corrected chi connectivity index (χ4v) is 4.62. The van der Waals surface area contributed by atoms with E-state index in [1.807, 2.05) is 29.2 Å². The van der Waals surface area contributed by atoms with Gasteiger partial charge < -0.3 is 14.4 Å². The van der Waals surface area contributed by atoms with Crippen molar-refractivity contribution in [1.82, 2.24) is 4.90 Å². The largest absolute Gasteiger partial charge is 0.454 e. The van der Waals surface area contributed by atoms with Gasteiger partial charge in [0.1, 0.15) is 0 Å². The Balaban J connectivity index is 1.62. The Bertz CT molecular complexity index is 573.